The minimum absolute atomic E-state index is 0.0608. The van der Waals surface area contributed by atoms with Gasteiger partial charge in [-0.2, -0.15) is 5.10 Å². The van der Waals surface area contributed by atoms with Crippen LogP contribution in [-0.2, 0) is 4.79 Å². The van der Waals surface area contributed by atoms with Gasteiger partial charge in [0, 0.05) is 25.5 Å². The van der Waals surface area contributed by atoms with Crippen molar-refractivity contribution in [2.75, 3.05) is 19.6 Å². The van der Waals surface area contributed by atoms with Crippen LogP contribution in [0, 0.1) is 5.41 Å². The van der Waals surface area contributed by atoms with Crippen molar-refractivity contribution < 1.29 is 4.79 Å². The fourth-order valence-corrected chi connectivity index (χ4v) is 2.01. The van der Waals surface area contributed by atoms with E-state index in [0.717, 1.165) is 13.0 Å². The molecule has 0 spiro atoms. The van der Waals surface area contributed by atoms with Gasteiger partial charge in [0.2, 0.25) is 5.91 Å². The number of aromatic nitrogens is 2. The number of amides is 1. The van der Waals surface area contributed by atoms with Gasteiger partial charge in [-0.15, -0.1) is 0 Å². The topological polar surface area (TPSA) is 64.2 Å². The molecule has 0 saturated carbocycles. The molecular weight excluding hydrogens is 240 g/mol. The number of rotatable bonds is 7. The zero-order valence-corrected chi connectivity index (χ0v) is 12.5. The van der Waals surface area contributed by atoms with E-state index in [4.69, 9.17) is 5.73 Å². The van der Waals surface area contributed by atoms with Gasteiger partial charge in [0.25, 0.3) is 0 Å². The number of nitrogens with two attached hydrogens (primary N) is 1. The lowest BCUT2D eigenvalue weighted by molar-refractivity contribution is -0.136. The van der Waals surface area contributed by atoms with E-state index in [9.17, 15) is 4.79 Å². The van der Waals surface area contributed by atoms with Gasteiger partial charge in [-0.3, -0.25) is 9.48 Å². The molecule has 0 saturated heterocycles. The summed E-state index contributed by atoms with van der Waals surface area (Å²) in [7, 11) is 0. The number of carbonyl (C=O) groups is 1. The standard InChI is InChI=1S/C14H26N4O/c1-5-8-17(11-14(3,4)10-15)13(19)12(2)18-9-6-7-16-18/h6-7,9,12H,5,8,10-11,15H2,1-4H3. The fourth-order valence-electron chi connectivity index (χ4n) is 2.01. The Labute approximate surface area is 115 Å². The molecule has 0 aliphatic heterocycles. The van der Waals surface area contributed by atoms with E-state index in [1.54, 1.807) is 10.9 Å². The summed E-state index contributed by atoms with van der Waals surface area (Å²) in [5.74, 6) is 0.104. The lowest BCUT2D eigenvalue weighted by atomic mass is 9.92. The number of nitrogens with zero attached hydrogens (tertiary/aromatic N) is 3. The maximum atomic E-state index is 12.5. The molecule has 0 aliphatic rings. The monoisotopic (exact) mass is 266 g/mol. The van der Waals surface area contributed by atoms with Crippen LogP contribution < -0.4 is 5.73 Å². The van der Waals surface area contributed by atoms with Crippen molar-refractivity contribution in [2.45, 2.75) is 40.2 Å². The Morgan fingerprint density at radius 3 is 2.68 bits per heavy atom. The van der Waals surface area contributed by atoms with Gasteiger partial charge < -0.3 is 10.6 Å². The van der Waals surface area contributed by atoms with Crippen molar-refractivity contribution in [3.63, 3.8) is 0 Å². The van der Waals surface area contributed by atoms with Gasteiger partial charge in [-0.25, -0.2) is 0 Å². The Balaban J connectivity index is 2.78. The van der Waals surface area contributed by atoms with Crippen LogP contribution in [0.5, 0.6) is 0 Å². The second-order valence-corrected chi connectivity index (χ2v) is 5.79. The number of hydrogen-bond donors (Lipinski definition) is 1. The van der Waals surface area contributed by atoms with Gasteiger partial charge in [0.05, 0.1) is 0 Å². The predicted octanol–water partition coefficient (Wildman–Crippen LogP) is 1.67. The second kappa shape index (κ2) is 6.70. The van der Waals surface area contributed by atoms with Crippen LogP contribution in [0.4, 0.5) is 0 Å². The molecule has 0 fully saturated rings. The predicted molar refractivity (Wildman–Crippen MR) is 76.6 cm³/mol. The maximum Gasteiger partial charge on any atom is 0.247 e. The molecule has 0 aliphatic carbocycles. The van der Waals surface area contributed by atoms with Crippen LogP contribution in [0.2, 0.25) is 0 Å². The Bertz CT molecular complexity index is 386. The van der Waals surface area contributed by atoms with Crippen LogP contribution >= 0.6 is 0 Å². The van der Waals surface area contributed by atoms with Crippen molar-refractivity contribution in [2.24, 2.45) is 11.1 Å². The summed E-state index contributed by atoms with van der Waals surface area (Å²) in [6.45, 7) is 10.1. The molecule has 1 aromatic heterocycles. The van der Waals surface area contributed by atoms with E-state index in [-0.39, 0.29) is 17.4 Å². The molecule has 1 amide bonds. The summed E-state index contributed by atoms with van der Waals surface area (Å²) in [6, 6.07) is 1.56. The Morgan fingerprint density at radius 2 is 2.21 bits per heavy atom. The van der Waals surface area contributed by atoms with Crippen LogP contribution in [0.15, 0.2) is 18.5 Å². The average Bonchev–Trinajstić information content (AvgIpc) is 2.90. The van der Waals surface area contributed by atoms with Crippen LogP contribution in [0.25, 0.3) is 0 Å². The summed E-state index contributed by atoms with van der Waals surface area (Å²) in [4.78, 5) is 14.5. The molecule has 1 rings (SSSR count). The third-order valence-corrected chi connectivity index (χ3v) is 3.26. The van der Waals surface area contributed by atoms with Crippen molar-refractivity contribution in [1.82, 2.24) is 14.7 Å². The molecule has 19 heavy (non-hydrogen) atoms. The van der Waals surface area contributed by atoms with Gasteiger partial charge in [-0.1, -0.05) is 20.8 Å². The van der Waals surface area contributed by atoms with E-state index in [1.807, 2.05) is 24.1 Å². The first-order valence-corrected chi connectivity index (χ1v) is 6.89. The highest BCUT2D eigenvalue weighted by Crippen LogP contribution is 2.18. The minimum Gasteiger partial charge on any atom is -0.340 e. The smallest absolute Gasteiger partial charge is 0.247 e. The third kappa shape index (κ3) is 4.35. The summed E-state index contributed by atoms with van der Waals surface area (Å²) in [5.41, 5.74) is 5.71. The highest BCUT2D eigenvalue weighted by molar-refractivity contribution is 5.80. The summed E-state index contributed by atoms with van der Waals surface area (Å²) < 4.78 is 1.69. The molecule has 0 bridgehead atoms. The molecule has 1 heterocycles. The van der Waals surface area contributed by atoms with E-state index in [1.165, 1.54) is 0 Å². The maximum absolute atomic E-state index is 12.5. The SMILES string of the molecule is CCCN(CC(C)(C)CN)C(=O)C(C)n1cccn1. The van der Waals surface area contributed by atoms with E-state index in [2.05, 4.69) is 25.9 Å². The zero-order valence-electron chi connectivity index (χ0n) is 12.5. The largest absolute Gasteiger partial charge is 0.340 e. The van der Waals surface area contributed by atoms with Crippen LogP contribution in [-0.4, -0.2) is 40.2 Å². The second-order valence-electron chi connectivity index (χ2n) is 5.79. The first-order valence-electron chi connectivity index (χ1n) is 6.89. The number of carbonyl (C=O) groups excluding carboxylic acids is 1. The van der Waals surface area contributed by atoms with Crippen molar-refractivity contribution >= 4 is 5.91 Å². The molecular formula is C14H26N4O. The minimum atomic E-state index is -0.268. The zero-order chi connectivity index (χ0) is 14.5. The summed E-state index contributed by atoms with van der Waals surface area (Å²) in [6.07, 6.45) is 4.46. The first kappa shape index (κ1) is 15.7. The van der Waals surface area contributed by atoms with Crippen molar-refractivity contribution in [1.29, 1.82) is 0 Å². The molecule has 5 nitrogen and oxygen atoms in total. The average molecular weight is 266 g/mol. The summed E-state index contributed by atoms with van der Waals surface area (Å²) in [5, 5.41) is 4.14. The van der Waals surface area contributed by atoms with E-state index >= 15 is 0 Å². The molecule has 5 heteroatoms. The molecule has 2 N–H and O–H groups in total. The molecule has 0 aromatic carbocycles. The normalized spacial score (nSPS) is 13.3. The van der Waals surface area contributed by atoms with Crippen LogP contribution in [0.1, 0.15) is 40.2 Å². The summed E-state index contributed by atoms with van der Waals surface area (Å²) >= 11 is 0. The van der Waals surface area contributed by atoms with Crippen molar-refractivity contribution in [3.8, 4) is 0 Å². The van der Waals surface area contributed by atoms with Gasteiger partial charge in [0.1, 0.15) is 6.04 Å². The molecule has 1 aromatic rings. The van der Waals surface area contributed by atoms with Gasteiger partial charge >= 0.3 is 0 Å². The Hall–Kier alpha value is -1.36. The lowest BCUT2D eigenvalue weighted by Crippen LogP contribution is -2.44. The lowest BCUT2D eigenvalue weighted by Gasteiger charge is -2.33. The highest BCUT2D eigenvalue weighted by Gasteiger charge is 2.27. The third-order valence-electron chi connectivity index (χ3n) is 3.26. The fraction of sp³-hybridized carbons (Fsp3) is 0.714. The van der Waals surface area contributed by atoms with E-state index in [0.29, 0.717) is 13.1 Å². The molecule has 0 radical (unpaired) electrons. The molecule has 1 atom stereocenters. The first-order chi connectivity index (χ1) is 8.91. The number of hydrogen-bond acceptors (Lipinski definition) is 3. The van der Waals surface area contributed by atoms with E-state index < -0.39 is 0 Å². The van der Waals surface area contributed by atoms with Gasteiger partial charge in [0.15, 0.2) is 0 Å². The Kier molecular flexibility index (Phi) is 5.54. The molecule has 108 valence electrons. The van der Waals surface area contributed by atoms with Crippen molar-refractivity contribution in [3.05, 3.63) is 18.5 Å². The van der Waals surface area contributed by atoms with Crippen LogP contribution in [0.3, 0.4) is 0 Å². The molecule has 1 unspecified atom stereocenters. The Morgan fingerprint density at radius 1 is 1.53 bits per heavy atom. The van der Waals surface area contributed by atoms with Gasteiger partial charge in [-0.05, 0) is 31.4 Å². The quantitative estimate of drug-likeness (QED) is 0.816. The highest BCUT2D eigenvalue weighted by atomic mass is 16.2.